The lowest BCUT2D eigenvalue weighted by Gasteiger charge is -2.05. The number of ether oxygens (including phenoxy) is 1. The van der Waals surface area contributed by atoms with Gasteiger partial charge in [0.15, 0.2) is 10.9 Å². The molecule has 2 N–H and O–H groups in total. The highest BCUT2D eigenvalue weighted by Gasteiger charge is 2.30. The number of aryl methyl sites for hydroxylation is 1. The summed E-state index contributed by atoms with van der Waals surface area (Å²) < 4.78 is 6.24. The Labute approximate surface area is 225 Å². The van der Waals surface area contributed by atoms with Gasteiger partial charge < -0.3 is 15.0 Å². The highest BCUT2D eigenvalue weighted by atomic mass is 32.1. The normalized spacial score (nSPS) is 13.2. The number of ketones is 1. The lowest BCUT2D eigenvalue weighted by atomic mass is 9.99. The van der Waals surface area contributed by atoms with E-state index in [2.05, 4.69) is 45.6 Å². The zero-order valence-electron chi connectivity index (χ0n) is 21.3. The van der Waals surface area contributed by atoms with E-state index < -0.39 is 0 Å². The number of amides is 1. The highest BCUT2D eigenvalue weighted by Crippen LogP contribution is 2.34. The predicted molar refractivity (Wildman–Crippen MR) is 153 cm³/mol. The second-order valence-electron chi connectivity index (χ2n) is 9.91. The number of methoxy groups -OCH3 is 1. The molecular formula is C31H29N3O3S. The third kappa shape index (κ3) is 5.20. The molecule has 6 rings (SSSR count). The maximum Gasteiger partial charge on any atom is 0.229 e. The SMILES string of the molecule is COc1ccc(CCCCC(=O)c2c[nH]c3ccc(-c4ccc5nc(NC(=O)C6CC6)sc5c4)cc23)cc1. The van der Waals surface area contributed by atoms with Crippen molar-refractivity contribution in [1.29, 1.82) is 0 Å². The molecule has 0 aliphatic heterocycles. The zero-order chi connectivity index (χ0) is 26.1. The van der Waals surface area contributed by atoms with E-state index in [0.29, 0.717) is 11.6 Å². The van der Waals surface area contributed by atoms with Crippen molar-refractivity contribution in [3.63, 3.8) is 0 Å². The fourth-order valence-electron chi connectivity index (χ4n) is 4.78. The van der Waals surface area contributed by atoms with Crippen LogP contribution in [0.25, 0.3) is 32.2 Å². The molecule has 38 heavy (non-hydrogen) atoms. The molecule has 0 bridgehead atoms. The van der Waals surface area contributed by atoms with E-state index in [4.69, 9.17) is 4.74 Å². The van der Waals surface area contributed by atoms with Gasteiger partial charge in [-0.15, -0.1) is 0 Å². The molecule has 7 heteroatoms. The minimum atomic E-state index is 0.0696. The number of hydrogen-bond acceptors (Lipinski definition) is 5. The number of carbonyl (C=O) groups is 2. The van der Waals surface area contributed by atoms with Crippen LogP contribution in [0, 0.1) is 5.92 Å². The van der Waals surface area contributed by atoms with Crippen LogP contribution in [0.3, 0.4) is 0 Å². The van der Waals surface area contributed by atoms with E-state index in [1.54, 1.807) is 7.11 Å². The van der Waals surface area contributed by atoms with E-state index in [1.807, 2.05) is 36.5 Å². The topological polar surface area (TPSA) is 84.1 Å². The Morgan fingerprint density at radius 2 is 1.82 bits per heavy atom. The number of unbranched alkanes of at least 4 members (excludes halogenated alkanes) is 1. The van der Waals surface area contributed by atoms with E-state index in [0.717, 1.165) is 75.7 Å². The second kappa shape index (κ2) is 10.4. The van der Waals surface area contributed by atoms with Crippen LogP contribution < -0.4 is 10.1 Å². The number of nitrogens with zero attached hydrogens (tertiary/aromatic N) is 1. The third-order valence-corrected chi connectivity index (χ3v) is 8.09. The molecule has 3 aromatic carbocycles. The molecule has 0 radical (unpaired) electrons. The van der Waals surface area contributed by atoms with Gasteiger partial charge in [-0.2, -0.15) is 0 Å². The van der Waals surface area contributed by atoms with E-state index >= 15 is 0 Å². The van der Waals surface area contributed by atoms with Gasteiger partial charge in [-0.3, -0.25) is 9.59 Å². The van der Waals surface area contributed by atoms with Gasteiger partial charge in [0.1, 0.15) is 5.75 Å². The molecule has 1 amide bonds. The number of fused-ring (bicyclic) bond motifs is 2. The number of rotatable bonds is 10. The van der Waals surface area contributed by atoms with E-state index in [9.17, 15) is 9.59 Å². The molecular weight excluding hydrogens is 494 g/mol. The van der Waals surface area contributed by atoms with Crippen molar-refractivity contribution in [2.75, 3.05) is 12.4 Å². The molecule has 1 aliphatic rings. The average Bonchev–Trinajstić information content (AvgIpc) is 3.59. The van der Waals surface area contributed by atoms with Crippen LogP contribution in [0.5, 0.6) is 5.75 Å². The molecule has 6 nitrogen and oxygen atoms in total. The van der Waals surface area contributed by atoms with Gasteiger partial charge in [-0.1, -0.05) is 35.6 Å². The fraction of sp³-hybridized carbons (Fsp3) is 0.258. The molecule has 1 fully saturated rings. The van der Waals surface area contributed by atoms with Crippen LogP contribution >= 0.6 is 11.3 Å². The number of hydrogen-bond donors (Lipinski definition) is 2. The molecule has 192 valence electrons. The molecule has 1 aliphatic carbocycles. The summed E-state index contributed by atoms with van der Waals surface area (Å²) in [5.74, 6) is 1.24. The summed E-state index contributed by atoms with van der Waals surface area (Å²) in [4.78, 5) is 33.0. The van der Waals surface area contributed by atoms with Crippen molar-refractivity contribution in [3.8, 4) is 16.9 Å². The number of thiazole rings is 1. The standard InChI is InChI=1S/C31H29N3O3S/c1-37-23-12-6-19(7-13-23)4-2-3-5-28(35)25-18-32-26-14-10-21(16-24(25)26)22-11-15-27-29(17-22)38-31(33-27)34-30(36)20-8-9-20/h6-7,10-18,20,32H,2-5,8-9H2,1H3,(H,33,34,36). The number of aromatic amines is 1. The Bertz CT molecular complexity index is 1630. The summed E-state index contributed by atoms with van der Waals surface area (Å²) in [5.41, 5.74) is 5.93. The molecule has 2 heterocycles. The summed E-state index contributed by atoms with van der Waals surface area (Å²) in [6.07, 6.45) is 7.05. The number of aromatic nitrogens is 2. The van der Waals surface area contributed by atoms with Crippen molar-refractivity contribution in [2.24, 2.45) is 5.92 Å². The molecule has 0 spiro atoms. The van der Waals surface area contributed by atoms with E-state index in [-0.39, 0.29) is 17.6 Å². The Balaban J connectivity index is 1.14. The van der Waals surface area contributed by atoms with Gasteiger partial charge in [0, 0.05) is 35.0 Å². The fourth-order valence-corrected chi connectivity index (χ4v) is 5.69. The van der Waals surface area contributed by atoms with Crippen LogP contribution in [0.2, 0.25) is 0 Å². The monoisotopic (exact) mass is 523 g/mol. The number of anilines is 1. The smallest absolute Gasteiger partial charge is 0.229 e. The molecule has 1 saturated carbocycles. The minimum absolute atomic E-state index is 0.0696. The Morgan fingerprint density at radius 3 is 2.61 bits per heavy atom. The maximum atomic E-state index is 13.1. The van der Waals surface area contributed by atoms with Crippen molar-refractivity contribution in [2.45, 2.75) is 38.5 Å². The zero-order valence-corrected chi connectivity index (χ0v) is 22.1. The molecule has 0 saturated heterocycles. The first-order chi connectivity index (χ1) is 18.6. The van der Waals surface area contributed by atoms with Crippen molar-refractivity contribution < 1.29 is 14.3 Å². The number of benzene rings is 3. The molecule has 2 aromatic heterocycles. The van der Waals surface area contributed by atoms with Gasteiger partial charge in [-0.05, 0) is 85.2 Å². The van der Waals surface area contributed by atoms with Gasteiger partial charge in [0.2, 0.25) is 5.91 Å². The van der Waals surface area contributed by atoms with Gasteiger partial charge in [-0.25, -0.2) is 4.98 Å². The lowest BCUT2D eigenvalue weighted by Crippen LogP contribution is -2.12. The van der Waals surface area contributed by atoms with E-state index in [1.165, 1.54) is 16.9 Å². The first kappa shape index (κ1) is 24.4. The largest absolute Gasteiger partial charge is 0.497 e. The highest BCUT2D eigenvalue weighted by molar-refractivity contribution is 7.22. The Hall–Kier alpha value is -3.97. The minimum Gasteiger partial charge on any atom is -0.497 e. The number of nitrogens with one attached hydrogen (secondary N) is 2. The first-order valence-corrected chi connectivity index (χ1v) is 13.9. The molecule has 0 unspecified atom stereocenters. The number of Topliss-reactive ketones (excluding diaryl/α,β-unsaturated/α-hetero) is 1. The van der Waals surface area contributed by atoms with Crippen LogP contribution in [-0.4, -0.2) is 28.8 Å². The average molecular weight is 524 g/mol. The summed E-state index contributed by atoms with van der Waals surface area (Å²) in [7, 11) is 1.67. The predicted octanol–water partition coefficient (Wildman–Crippen LogP) is 7.40. The van der Waals surface area contributed by atoms with Crippen molar-refractivity contribution in [1.82, 2.24) is 9.97 Å². The summed E-state index contributed by atoms with van der Waals surface area (Å²) in [6.45, 7) is 0. The maximum absolute atomic E-state index is 13.1. The summed E-state index contributed by atoms with van der Waals surface area (Å²) >= 11 is 1.49. The summed E-state index contributed by atoms with van der Waals surface area (Å²) in [6, 6.07) is 20.4. The van der Waals surface area contributed by atoms with Crippen LogP contribution in [-0.2, 0) is 11.2 Å². The van der Waals surface area contributed by atoms with Crippen LogP contribution in [0.15, 0.2) is 66.9 Å². The molecule has 5 aromatic rings. The Morgan fingerprint density at radius 1 is 1.03 bits per heavy atom. The van der Waals surface area contributed by atoms with Gasteiger partial charge in [0.05, 0.1) is 17.3 Å². The first-order valence-electron chi connectivity index (χ1n) is 13.1. The van der Waals surface area contributed by atoms with Gasteiger partial charge >= 0.3 is 0 Å². The van der Waals surface area contributed by atoms with Crippen LogP contribution in [0.1, 0.15) is 48.0 Å². The van der Waals surface area contributed by atoms with Crippen LogP contribution in [0.4, 0.5) is 5.13 Å². The Kier molecular flexibility index (Phi) is 6.68. The number of carbonyl (C=O) groups excluding carboxylic acids is 2. The summed E-state index contributed by atoms with van der Waals surface area (Å²) in [5, 5.41) is 4.55. The second-order valence-corrected chi connectivity index (χ2v) is 10.9. The van der Waals surface area contributed by atoms with Crippen molar-refractivity contribution in [3.05, 3.63) is 78.0 Å². The quantitative estimate of drug-likeness (QED) is 0.148. The van der Waals surface area contributed by atoms with Gasteiger partial charge in [0.25, 0.3) is 0 Å². The number of H-pyrrole nitrogens is 1. The third-order valence-electron chi connectivity index (χ3n) is 7.16. The lowest BCUT2D eigenvalue weighted by molar-refractivity contribution is -0.117. The van der Waals surface area contributed by atoms with Crippen molar-refractivity contribution >= 4 is 49.3 Å². The molecule has 0 atom stereocenters.